The lowest BCUT2D eigenvalue weighted by Crippen LogP contribution is -2.32. The first-order chi connectivity index (χ1) is 7.54. The molecular formula is C10H10Br2N2O2. The molecule has 86 valence electrons. The fraction of sp³-hybridized carbons (Fsp3) is 0.200. The lowest BCUT2D eigenvalue weighted by atomic mass is 10.4. The van der Waals surface area contributed by atoms with E-state index in [9.17, 15) is 9.59 Å². The van der Waals surface area contributed by atoms with Crippen molar-refractivity contribution in [3.63, 3.8) is 0 Å². The molecule has 0 aliphatic rings. The van der Waals surface area contributed by atoms with Gasteiger partial charge in [0.15, 0.2) is 0 Å². The van der Waals surface area contributed by atoms with Crippen LogP contribution < -0.4 is 10.9 Å². The molecule has 16 heavy (non-hydrogen) atoms. The zero-order valence-electron chi connectivity index (χ0n) is 8.37. The lowest BCUT2D eigenvalue weighted by molar-refractivity contribution is -0.121. The number of hydrogen-bond donors (Lipinski definition) is 1. The zero-order chi connectivity index (χ0) is 12.1. The maximum absolute atomic E-state index is 11.6. The molecule has 0 fully saturated rings. The molecule has 0 saturated heterocycles. The largest absolute Gasteiger partial charge is 0.351 e. The van der Waals surface area contributed by atoms with Gasteiger partial charge in [-0.3, -0.25) is 9.59 Å². The second kappa shape index (κ2) is 6.00. The van der Waals surface area contributed by atoms with Crippen molar-refractivity contribution < 1.29 is 4.79 Å². The first kappa shape index (κ1) is 13.2. The van der Waals surface area contributed by atoms with Gasteiger partial charge >= 0.3 is 0 Å². The Morgan fingerprint density at radius 1 is 1.56 bits per heavy atom. The summed E-state index contributed by atoms with van der Waals surface area (Å²) in [4.78, 5) is 23.0. The molecule has 1 rings (SSSR count). The SMILES string of the molecule is C=CCNC(=O)Cn1cc(Br)cc(Br)c1=O. The number of nitrogens with zero attached hydrogens (tertiary/aromatic N) is 1. The van der Waals surface area contributed by atoms with E-state index in [4.69, 9.17) is 0 Å². The van der Waals surface area contributed by atoms with Gasteiger partial charge in [-0.25, -0.2) is 0 Å². The molecule has 0 spiro atoms. The average molecular weight is 350 g/mol. The number of halogens is 2. The van der Waals surface area contributed by atoms with Crippen LogP contribution in [0.15, 0.2) is 38.7 Å². The summed E-state index contributed by atoms with van der Waals surface area (Å²) in [6.45, 7) is 3.87. The Morgan fingerprint density at radius 3 is 2.88 bits per heavy atom. The van der Waals surface area contributed by atoms with Crippen LogP contribution in [0.4, 0.5) is 0 Å². The smallest absolute Gasteiger partial charge is 0.265 e. The van der Waals surface area contributed by atoms with E-state index in [0.717, 1.165) is 4.47 Å². The predicted molar refractivity (Wildman–Crippen MR) is 69.3 cm³/mol. The van der Waals surface area contributed by atoms with Gasteiger partial charge in [-0.15, -0.1) is 6.58 Å². The number of amides is 1. The van der Waals surface area contributed by atoms with E-state index in [1.54, 1.807) is 18.3 Å². The summed E-state index contributed by atoms with van der Waals surface area (Å²) in [5.74, 6) is -0.230. The monoisotopic (exact) mass is 348 g/mol. The van der Waals surface area contributed by atoms with Crippen molar-refractivity contribution in [1.29, 1.82) is 0 Å². The minimum Gasteiger partial charge on any atom is -0.351 e. The normalized spacial score (nSPS) is 9.88. The number of pyridine rings is 1. The summed E-state index contributed by atoms with van der Waals surface area (Å²) >= 11 is 6.38. The van der Waals surface area contributed by atoms with Gasteiger partial charge in [0, 0.05) is 17.2 Å². The molecule has 1 aromatic heterocycles. The van der Waals surface area contributed by atoms with Gasteiger partial charge in [0.1, 0.15) is 6.54 Å². The minimum atomic E-state index is -0.239. The third kappa shape index (κ3) is 3.61. The van der Waals surface area contributed by atoms with Crippen molar-refractivity contribution in [2.75, 3.05) is 6.54 Å². The fourth-order valence-corrected chi connectivity index (χ4v) is 2.34. The Morgan fingerprint density at radius 2 is 2.25 bits per heavy atom. The summed E-state index contributed by atoms with van der Waals surface area (Å²) in [6.07, 6.45) is 3.15. The van der Waals surface area contributed by atoms with Crippen LogP contribution in [-0.2, 0) is 11.3 Å². The van der Waals surface area contributed by atoms with E-state index >= 15 is 0 Å². The standard InChI is InChI=1S/C10H10Br2N2O2/c1-2-3-13-9(15)6-14-5-7(11)4-8(12)10(14)16/h2,4-5H,1,3,6H2,(H,13,15). The van der Waals surface area contributed by atoms with Gasteiger partial charge in [0.25, 0.3) is 5.56 Å². The molecule has 1 heterocycles. The van der Waals surface area contributed by atoms with Gasteiger partial charge < -0.3 is 9.88 Å². The molecule has 0 atom stereocenters. The molecule has 6 heteroatoms. The van der Waals surface area contributed by atoms with Crippen molar-refractivity contribution in [3.05, 3.63) is 44.2 Å². The molecule has 0 bridgehead atoms. The average Bonchev–Trinajstić information content (AvgIpc) is 2.22. The molecular weight excluding hydrogens is 340 g/mol. The lowest BCUT2D eigenvalue weighted by Gasteiger charge is -2.06. The van der Waals surface area contributed by atoms with Gasteiger partial charge in [-0.2, -0.15) is 0 Å². The van der Waals surface area contributed by atoms with Crippen molar-refractivity contribution in [1.82, 2.24) is 9.88 Å². The van der Waals surface area contributed by atoms with E-state index in [1.165, 1.54) is 4.57 Å². The first-order valence-corrected chi connectivity index (χ1v) is 6.06. The summed E-state index contributed by atoms with van der Waals surface area (Å²) in [7, 11) is 0. The third-order valence-corrected chi connectivity index (χ3v) is 2.77. The highest BCUT2D eigenvalue weighted by molar-refractivity contribution is 9.11. The summed E-state index contributed by atoms with van der Waals surface area (Å²) in [6, 6.07) is 1.64. The number of aromatic nitrogens is 1. The van der Waals surface area contributed by atoms with Crippen LogP contribution in [-0.4, -0.2) is 17.0 Å². The van der Waals surface area contributed by atoms with E-state index in [1.807, 2.05) is 0 Å². The van der Waals surface area contributed by atoms with Gasteiger partial charge in [0.05, 0.1) is 4.47 Å². The van der Waals surface area contributed by atoms with Crippen LogP contribution in [0.2, 0.25) is 0 Å². The van der Waals surface area contributed by atoms with Crippen molar-refractivity contribution in [2.24, 2.45) is 0 Å². The van der Waals surface area contributed by atoms with Crippen molar-refractivity contribution >= 4 is 37.8 Å². The minimum absolute atomic E-state index is 0.00921. The molecule has 0 aromatic carbocycles. The topological polar surface area (TPSA) is 51.1 Å². The molecule has 0 unspecified atom stereocenters. The number of carbonyl (C=O) groups is 1. The molecule has 0 aliphatic carbocycles. The maximum atomic E-state index is 11.6. The quantitative estimate of drug-likeness (QED) is 0.841. The van der Waals surface area contributed by atoms with Crippen LogP contribution >= 0.6 is 31.9 Å². The Hall–Kier alpha value is -0.880. The molecule has 1 aromatic rings. The summed E-state index contributed by atoms with van der Waals surface area (Å²) in [5, 5.41) is 2.60. The third-order valence-electron chi connectivity index (χ3n) is 1.77. The Kier molecular flexibility index (Phi) is 4.95. The number of hydrogen-bond acceptors (Lipinski definition) is 2. The molecule has 0 saturated carbocycles. The molecule has 0 radical (unpaired) electrons. The predicted octanol–water partition coefficient (Wildman–Crippen LogP) is 1.68. The van der Waals surface area contributed by atoms with Gasteiger partial charge in [-0.1, -0.05) is 6.08 Å². The van der Waals surface area contributed by atoms with Crippen LogP contribution in [0.1, 0.15) is 0 Å². The number of nitrogens with one attached hydrogen (secondary N) is 1. The zero-order valence-corrected chi connectivity index (χ0v) is 11.5. The van der Waals surface area contributed by atoms with Crippen molar-refractivity contribution in [2.45, 2.75) is 6.54 Å². The second-order valence-corrected chi connectivity index (χ2v) is 4.80. The highest BCUT2D eigenvalue weighted by Crippen LogP contribution is 2.12. The van der Waals surface area contributed by atoms with Gasteiger partial charge in [-0.05, 0) is 37.9 Å². The molecule has 4 nitrogen and oxygen atoms in total. The fourth-order valence-electron chi connectivity index (χ4n) is 1.08. The van der Waals surface area contributed by atoms with Gasteiger partial charge in [0.2, 0.25) is 5.91 Å². The summed E-state index contributed by atoms with van der Waals surface area (Å²) < 4.78 is 2.47. The van der Waals surface area contributed by atoms with Crippen LogP contribution in [0.3, 0.4) is 0 Å². The first-order valence-electron chi connectivity index (χ1n) is 4.47. The Labute approximate surface area is 110 Å². The highest BCUT2D eigenvalue weighted by Gasteiger charge is 2.06. The number of rotatable bonds is 4. The van der Waals surface area contributed by atoms with Crippen LogP contribution in [0.5, 0.6) is 0 Å². The molecule has 1 N–H and O–H groups in total. The van der Waals surface area contributed by atoms with E-state index < -0.39 is 0 Å². The summed E-state index contributed by atoms with van der Waals surface area (Å²) in [5.41, 5.74) is -0.239. The molecule has 1 amide bonds. The number of carbonyl (C=O) groups excluding carboxylic acids is 1. The van der Waals surface area contributed by atoms with E-state index in [0.29, 0.717) is 11.0 Å². The van der Waals surface area contributed by atoms with E-state index in [2.05, 4.69) is 43.8 Å². The second-order valence-electron chi connectivity index (χ2n) is 3.03. The maximum Gasteiger partial charge on any atom is 0.265 e. The Balaban J connectivity index is 2.85. The highest BCUT2D eigenvalue weighted by atomic mass is 79.9. The molecule has 0 aliphatic heterocycles. The van der Waals surface area contributed by atoms with Crippen LogP contribution in [0, 0.1) is 0 Å². The Bertz CT molecular complexity index is 468. The van der Waals surface area contributed by atoms with Crippen LogP contribution in [0.25, 0.3) is 0 Å². The van der Waals surface area contributed by atoms with E-state index in [-0.39, 0.29) is 18.0 Å². The van der Waals surface area contributed by atoms with Crippen molar-refractivity contribution in [3.8, 4) is 0 Å².